The van der Waals surface area contributed by atoms with Crippen molar-refractivity contribution in [3.05, 3.63) is 69.9 Å². The first-order valence-electron chi connectivity index (χ1n) is 10.5. The van der Waals surface area contributed by atoms with E-state index in [-0.39, 0.29) is 47.9 Å². The molecule has 2 aliphatic heterocycles. The molecule has 1 N–H and O–H groups in total. The number of hydrogen-bond donors (Lipinski definition) is 1. The summed E-state index contributed by atoms with van der Waals surface area (Å²) in [6.07, 6.45) is 1.96. The molecule has 2 amide bonds. The third-order valence-corrected chi connectivity index (χ3v) is 6.05. The molecule has 0 saturated carbocycles. The SMILES string of the molecule is O=C(CCC(=O)N1C[C@@H]2C[C@H](C1)c1cccc(=O)n1C2)NCCc1ccc(F)cc1. The lowest BCUT2D eigenvalue weighted by molar-refractivity contribution is -0.136. The van der Waals surface area contributed by atoms with Gasteiger partial charge in [-0.05, 0) is 42.5 Å². The van der Waals surface area contributed by atoms with Crippen LogP contribution in [0.5, 0.6) is 0 Å². The highest BCUT2D eigenvalue weighted by atomic mass is 19.1. The normalized spacial score (nSPS) is 19.8. The third kappa shape index (κ3) is 4.61. The Bertz CT molecular complexity index is 986. The zero-order chi connectivity index (χ0) is 21.1. The minimum absolute atomic E-state index is 0.00915. The number of halogens is 1. The molecule has 4 rings (SSSR count). The first-order valence-corrected chi connectivity index (χ1v) is 10.5. The van der Waals surface area contributed by atoms with Crippen LogP contribution in [0.1, 0.15) is 36.4 Å². The summed E-state index contributed by atoms with van der Waals surface area (Å²) in [4.78, 5) is 38.7. The lowest BCUT2D eigenvalue weighted by Gasteiger charge is -2.42. The monoisotopic (exact) mass is 411 g/mol. The predicted octanol–water partition coefficient (Wildman–Crippen LogP) is 2.07. The van der Waals surface area contributed by atoms with Crippen LogP contribution in [0.15, 0.2) is 47.3 Å². The topological polar surface area (TPSA) is 71.4 Å². The van der Waals surface area contributed by atoms with E-state index in [1.807, 2.05) is 15.5 Å². The van der Waals surface area contributed by atoms with Crippen LogP contribution >= 0.6 is 0 Å². The standard InChI is InChI=1S/C23H26FN3O3/c24-19-6-4-16(5-7-19)10-11-25-21(28)8-9-22(29)26-13-17-12-18(15-26)20-2-1-3-23(30)27(20)14-17/h1-7,17-18H,8-15H2,(H,25,28)/t17-,18+/m0/s1. The molecule has 1 saturated heterocycles. The smallest absolute Gasteiger partial charge is 0.250 e. The predicted molar refractivity (Wildman–Crippen MR) is 110 cm³/mol. The number of nitrogens with one attached hydrogen (secondary N) is 1. The highest BCUT2D eigenvalue weighted by Crippen LogP contribution is 2.35. The van der Waals surface area contributed by atoms with Crippen LogP contribution < -0.4 is 10.9 Å². The number of benzene rings is 1. The number of rotatable bonds is 6. The van der Waals surface area contributed by atoms with E-state index in [0.29, 0.717) is 32.6 Å². The van der Waals surface area contributed by atoms with Gasteiger partial charge in [0.25, 0.3) is 5.56 Å². The Morgan fingerprint density at radius 2 is 1.83 bits per heavy atom. The molecule has 2 aliphatic rings. The lowest BCUT2D eigenvalue weighted by Crippen LogP contribution is -2.49. The van der Waals surface area contributed by atoms with E-state index in [2.05, 4.69) is 5.32 Å². The second-order valence-corrected chi connectivity index (χ2v) is 8.22. The molecule has 6 nitrogen and oxygen atoms in total. The van der Waals surface area contributed by atoms with Crippen LogP contribution in [0.3, 0.4) is 0 Å². The molecular weight excluding hydrogens is 385 g/mol. The van der Waals surface area contributed by atoms with Crippen molar-refractivity contribution in [2.24, 2.45) is 5.92 Å². The second kappa shape index (κ2) is 8.81. The fraction of sp³-hybridized carbons (Fsp3) is 0.435. The molecule has 0 radical (unpaired) electrons. The first-order chi connectivity index (χ1) is 14.5. The van der Waals surface area contributed by atoms with Gasteiger partial charge in [-0.15, -0.1) is 0 Å². The van der Waals surface area contributed by atoms with Crippen molar-refractivity contribution in [2.75, 3.05) is 19.6 Å². The number of carbonyl (C=O) groups excluding carboxylic acids is 2. The van der Waals surface area contributed by atoms with Crippen molar-refractivity contribution in [3.8, 4) is 0 Å². The van der Waals surface area contributed by atoms with Gasteiger partial charge in [0.2, 0.25) is 11.8 Å². The van der Waals surface area contributed by atoms with E-state index >= 15 is 0 Å². The van der Waals surface area contributed by atoms with Gasteiger partial charge in [0.1, 0.15) is 5.82 Å². The summed E-state index contributed by atoms with van der Waals surface area (Å²) >= 11 is 0. The van der Waals surface area contributed by atoms with Crippen LogP contribution in [-0.2, 0) is 22.6 Å². The molecule has 7 heteroatoms. The van der Waals surface area contributed by atoms with Gasteiger partial charge in [-0.3, -0.25) is 14.4 Å². The minimum atomic E-state index is -0.279. The summed E-state index contributed by atoms with van der Waals surface area (Å²) < 4.78 is 14.8. The van der Waals surface area contributed by atoms with Gasteiger partial charge in [0.05, 0.1) is 0 Å². The number of aromatic nitrogens is 1. The van der Waals surface area contributed by atoms with Crippen molar-refractivity contribution >= 4 is 11.8 Å². The van der Waals surface area contributed by atoms with Crippen LogP contribution in [0, 0.1) is 11.7 Å². The molecule has 2 atom stereocenters. The Morgan fingerprint density at radius 3 is 2.63 bits per heavy atom. The number of likely N-dealkylation sites (tertiary alicyclic amines) is 1. The highest BCUT2D eigenvalue weighted by molar-refractivity contribution is 5.83. The Kier molecular flexibility index (Phi) is 5.97. The number of piperidine rings is 1. The Morgan fingerprint density at radius 1 is 1.03 bits per heavy atom. The molecule has 0 spiro atoms. The maximum absolute atomic E-state index is 12.9. The summed E-state index contributed by atoms with van der Waals surface area (Å²) in [5.41, 5.74) is 1.99. The highest BCUT2D eigenvalue weighted by Gasteiger charge is 2.36. The third-order valence-electron chi connectivity index (χ3n) is 6.05. The molecule has 3 heterocycles. The van der Waals surface area contributed by atoms with Crippen LogP contribution in [0.25, 0.3) is 0 Å². The van der Waals surface area contributed by atoms with Gasteiger partial charge in [0, 0.05) is 56.7 Å². The number of hydrogen-bond acceptors (Lipinski definition) is 3. The van der Waals surface area contributed by atoms with Gasteiger partial charge in [-0.1, -0.05) is 18.2 Å². The van der Waals surface area contributed by atoms with Crippen molar-refractivity contribution in [3.63, 3.8) is 0 Å². The molecule has 1 aromatic heterocycles. The van der Waals surface area contributed by atoms with E-state index in [0.717, 1.165) is 17.7 Å². The average Bonchev–Trinajstić information content (AvgIpc) is 2.74. The van der Waals surface area contributed by atoms with Gasteiger partial charge in [0.15, 0.2) is 0 Å². The Labute approximate surface area is 174 Å². The van der Waals surface area contributed by atoms with Gasteiger partial charge in [-0.2, -0.15) is 0 Å². The summed E-state index contributed by atoms with van der Waals surface area (Å²) in [6.45, 7) is 2.35. The molecule has 1 aromatic carbocycles. The maximum atomic E-state index is 12.9. The number of pyridine rings is 1. The average molecular weight is 411 g/mol. The largest absolute Gasteiger partial charge is 0.356 e. The summed E-state index contributed by atoms with van der Waals surface area (Å²) in [7, 11) is 0. The zero-order valence-corrected chi connectivity index (χ0v) is 16.9. The minimum Gasteiger partial charge on any atom is -0.356 e. The number of fused-ring (bicyclic) bond motifs is 4. The Balaban J connectivity index is 1.24. The number of amides is 2. The second-order valence-electron chi connectivity index (χ2n) is 8.22. The van der Waals surface area contributed by atoms with Crippen molar-refractivity contribution in [1.82, 2.24) is 14.8 Å². The summed E-state index contributed by atoms with van der Waals surface area (Å²) in [5.74, 6) is 0.0214. The van der Waals surface area contributed by atoms with E-state index in [4.69, 9.17) is 0 Å². The molecule has 2 aromatic rings. The molecular formula is C23H26FN3O3. The zero-order valence-electron chi connectivity index (χ0n) is 16.9. The molecule has 2 bridgehead atoms. The number of carbonyl (C=O) groups is 2. The summed E-state index contributed by atoms with van der Waals surface area (Å²) in [6, 6.07) is 11.5. The van der Waals surface area contributed by atoms with Gasteiger partial charge < -0.3 is 14.8 Å². The quantitative estimate of drug-likeness (QED) is 0.791. The van der Waals surface area contributed by atoms with E-state index in [1.165, 1.54) is 12.1 Å². The first kappa shape index (κ1) is 20.3. The molecule has 0 aliphatic carbocycles. The van der Waals surface area contributed by atoms with E-state index < -0.39 is 0 Å². The van der Waals surface area contributed by atoms with Crippen molar-refractivity contribution in [1.29, 1.82) is 0 Å². The maximum Gasteiger partial charge on any atom is 0.250 e. The summed E-state index contributed by atoms with van der Waals surface area (Å²) in [5, 5.41) is 2.82. The molecule has 0 unspecified atom stereocenters. The fourth-order valence-corrected chi connectivity index (χ4v) is 4.56. The van der Waals surface area contributed by atoms with E-state index in [9.17, 15) is 18.8 Å². The molecule has 1 fully saturated rings. The molecule has 158 valence electrons. The van der Waals surface area contributed by atoms with Crippen LogP contribution in [0.4, 0.5) is 4.39 Å². The Hall–Kier alpha value is -2.96. The van der Waals surface area contributed by atoms with Crippen molar-refractivity contribution < 1.29 is 14.0 Å². The van der Waals surface area contributed by atoms with Crippen LogP contribution in [0.2, 0.25) is 0 Å². The van der Waals surface area contributed by atoms with E-state index in [1.54, 1.807) is 24.3 Å². The van der Waals surface area contributed by atoms with Crippen molar-refractivity contribution in [2.45, 2.75) is 38.1 Å². The lowest BCUT2D eigenvalue weighted by atomic mass is 9.83. The number of nitrogens with zero attached hydrogens (tertiary/aromatic N) is 2. The fourth-order valence-electron chi connectivity index (χ4n) is 4.56. The van der Waals surface area contributed by atoms with Gasteiger partial charge >= 0.3 is 0 Å². The molecule has 30 heavy (non-hydrogen) atoms. The van der Waals surface area contributed by atoms with Crippen LogP contribution in [-0.4, -0.2) is 40.9 Å². The van der Waals surface area contributed by atoms with Gasteiger partial charge in [-0.25, -0.2) is 4.39 Å².